The first-order valence-electron chi connectivity index (χ1n) is 2.93. The molecule has 0 radical (unpaired) electrons. The molecular weight excluding hydrogens is 146 g/mol. The lowest BCUT2D eigenvalue weighted by Gasteiger charge is -1.96. The van der Waals surface area contributed by atoms with Crippen LogP contribution in [0.15, 0.2) is 23.4 Å². The lowest BCUT2D eigenvalue weighted by Crippen LogP contribution is -1.81. The van der Waals surface area contributed by atoms with Gasteiger partial charge in [-0.05, 0) is 18.2 Å². The summed E-state index contributed by atoms with van der Waals surface area (Å²) in [5.74, 6) is -0.0294. The molecule has 0 bridgehead atoms. The van der Waals surface area contributed by atoms with Crippen LogP contribution in [-0.4, -0.2) is 21.6 Å². The summed E-state index contributed by atoms with van der Waals surface area (Å²) in [7, 11) is 0. The second-order valence-electron chi connectivity index (χ2n) is 1.99. The summed E-state index contributed by atoms with van der Waals surface area (Å²) >= 11 is 0. The monoisotopic (exact) mass is 153 g/mol. The minimum absolute atomic E-state index is 0.0118. The van der Waals surface area contributed by atoms with E-state index in [-0.39, 0.29) is 17.1 Å². The quantitative estimate of drug-likeness (QED) is 0.243. The maximum absolute atomic E-state index is 9.05. The molecule has 0 spiro atoms. The van der Waals surface area contributed by atoms with Crippen molar-refractivity contribution in [1.29, 1.82) is 0 Å². The van der Waals surface area contributed by atoms with Crippen LogP contribution in [0, 0.1) is 0 Å². The van der Waals surface area contributed by atoms with Crippen LogP contribution in [-0.2, 0) is 0 Å². The maximum Gasteiger partial charge on any atom is 0.124 e. The normalized spacial score (nSPS) is 10.5. The fourth-order valence-corrected chi connectivity index (χ4v) is 0.708. The standard InChI is InChI=1S/C7H7NO3/c9-6-1-2-7(10)5(3-6)4-8-11/h1-4,9-11H/b8-4+. The van der Waals surface area contributed by atoms with Crippen LogP contribution in [0.4, 0.5) is 0 Å². The predicted octanol–water partition coefficient (Wildman–Crippen LogP) is 0.906. The van der Waals surface area contributed by atoms with Crippen molar-refractivity contribution in [2.24, 2.45) is 5.16 Å². The molecule has 0 unspecified atom stereocenters. The van der Waals surface area contributed by atoms with Gasteiger partial charge in [-0.1, -0.05) is 5.16 Å². The highest BCUT2D eigenvalue weighted by Gasteiger charge is 1.98. The van der Waals surface area contributed by atoms with Crippen LogP contribution in [0.25, 0.3) is 0 Å². The topological polar surface area (TPSA) is 73.1 Å². The summed E-state index contributed by atoms with van der Waals surface area (Å²) in [5.41, 5.74) is 0.271. The third-order valence-electron chi connectivity index (χ3n) is 1.21. The Kier molecular flexibility index (Phi) is 1.96. The van der Waals surface area contributed by atoms with Crippen LogP contribution in [0.1, 0.15) is 5.56 Å². The summed E-state index contributed by atoms with van der Waals surface area (Å²) in [4.78, 5) is 0. The van der Waals surface area contributed by atoms with E-state index in [4.69, 9.17) is 15.4 Å². The first-order chi connectivity index (χ1) is 5.24. The highest BCUT2D eigenvalue weighted by Crippen LogP contribution is 2.19. The number of benzene rings is 1. The van der Waals surface area contributed by atoms with Crippen LogP contribution in [0.2, 0.25) is 0 Å². The number of phenols is 2. The summed E-state index contributed by atoms with van der Waals surface area (Å²) in [6.07, 6.45) is 1.04. The van der Waals surface area contributed by atoms with Crippen LogP contribution in [0.3, 0.4) is 0 Å². The SMILES string of the molecule is O/N=C/c1cc(O)ccc1O. The number of oxime groups is 1. The second-order valence-corrected chi connectivity index (χ2v) is 1.99. The van der Waals surface area contributed by atoms with Crippen molar-refractivity contribution in [3.05, 3.63) is 23.8 Å². The molecule has 0 aliphatic carbocycles. The van der Waals surface area contributed by atoms with Crippen LogP contribution < -0.4 is 0 Å². The van der Waals surface area contributed by atoms with Gasteiger partial charge in [0.1, 0.15) is 11.5 Å². The van der Waals surface area contributed by atoms with E-state index in [0.717, 1.165) is 6.21 Å². The highest BCUT2D eigenvalue weighted by molar-refractivity contribution is 5.83. The van der Waals surface area contributed by atoms with Crippen molar-refractivity contribution in [2.75, 3.05) is 0 Å². The van der Waals surface area contributed by atoms with E-state index in [2.05, 4.69) is 5.16 Å². The van der Waals surface area contributed by atoms with E-state index in [1.807, 2.05) is 0 Å². The van der Waals surface area contributed by atoms with Gasteiger partial charge in [-0.2, -0.15) is 0 Å². The molecule has 0 heterocycles. The summed E-state index contributed by atoms with van der Waals surface area (Å²) < 4.78 is 0. The van der Waals surface area contributed by atoms with Crippen molar-refractivity contribution in [3.63, 3.8) is 0 Å². The number of nitrogens with zero attached hydrogens (tertiary/aromatic N) is 1. The zero-order valence-corrected chi connectivity index (χ0v) is 5.60. The molecule has 1 aromatic carbocycles. The van der Waals surface area contributed by atoms with Gasteiger partial charge in [0.05, 0.1) is 6.21 Å². The third kappa shape index (κ3) is 1.61. The molecule has 58 valence electrons. The van der Waals surface area contributed by atoms with Gasteiger partial charge in [-0.25, -0.2) is 0 Å². The van der Waals surface area contributed by atoms with E-state index < -0.39 is 0 Å². The summed E-state index contributed by atoms with van der Waals surface area (Å²) in [5, 5.41) is 28.8. The lowest BCUT2D eigenvalue weighted by atomic mass is 10.2. The molecule has 0 amide bonds. The Morgan fingerprint density at radius 3 is 2.64 bits per heavy atom. The van der Waals surface area contributed by atoms with Gasteiger partial charge >= 0.3 is 0 Å². The number of rotatable bonds is 1. The summed E-state index contributed by atoms with van der Waals surface area (Å²) in [6, 6.07) is 3.94. The van der Waals surface area contributed by atoms with E-state index in [1.54, 1.807) is 0 Å². The molecule has 0 aromatic heterocycles. The van der Waals surface area contributed by atoms with E-state index in [0.29, 0.717) is 0 Å². The first-order valence-corrected chi connectivity index (χ1v) is 2.93. The second kappa shape index (κ2) is 2.92. The molecule has 4 nitrogen and oxygen atoms in total. The lowest BCUT2D eigenvalue weighted by molar-refractivity contribution is 0.321. The van der Waals surface area contributed by atoms with Gasteiger partial charge in [0.2, 0.25) is 0 Å². The molecule has 0 fully saturated rings. The smallest absolute Gasteiger partial charge is 0.124 e. The molecule has 0 saturated carbocycles. The van der Waals surface area contributed by atoms with E-state index in [9.17, 15) is 0 Å². The molecule has 3 N–H and O–H groups in total. The third-order valence-corrected chi connectivity index (χ3v) is 1.21. The molecular formula is C7H7NO3. The zero-order chi connectivity index (χ0) is 8.27. The molecule has 0 saturated heterocycles. The van der Waals surface area contributed by atoms with Crippen molar-refractivity contribution < 1.29 is 15.4 Å². The Morgan fingerprint density at radius 2 is 2.00 bits per heavy atom. The molecule has 1 rings (SSSR count). The molecule has 4 heteroatoms. The minimum atomic E-state index is -0.0411. The van der Waals surface area contributed by atoms with Gasteiger partial charge in [0.15, 0.2) is 0 Å². The number of phenolic OH excluding ortho intramolecular Hbond substituents is 2. The van der Waals surface area contributed by atoms with Crippen LogP contribution >= 0.6 is 0 Å². The first kappa shape index (κ1) is 7.40. The Labute approximate surface area is 63.0 Å². The van der Waals surface area contributed by atoms with E-state index >= 15 is 0 Å². The average Bonchev–Trinajstić information content (AvgIpc) is 1.98. The fourth-order valence-electron chi connectivity index (χ4n) is 0.708. The Bertz CT molecular complexity index is 283. The van der Waals surface area contributed by atoms with Gasteiger partial charge in [-0.3, -0.25) is 0 Å². The average molecular weight is 153 g/mol. The van der Waals surface area contributed by atoms with Crippen molar-refractivity contribution in [3.8, 4) is 11.5 Å². The Morgan fingerprint density at radius 1 is 1.27 bits per heavy atom. The van der Waals surface area contributed by atoms with Gasteiger partial charge < -0.3 is 15.4 Å². The predicted molar refractivity (Wildman–Crippen MR) is 39.2 cm³/mol. The van der Waals surface area contributed by atoms with Gasteiger partial charge in [-0.15, -0.1) is 0 Å². The molecule has 11 heavy (non-hydrogen) atoms. The maximum atomic E-state index is 9.05. The fraction of sp³-hybridized carbons (Fsp3) is 0. The highest BCUT2D eigenvalue weighted by atomic mass is 16.4. The molecule has 0 aliphatic rings. The number of hydrogen-bond acceptors (Lipinski definition) is 4. The van der Waals surface area contributed by atoms with Crippen LogP contribution in [0.5, 0.6) is 11.5 Å². The van der Waals surface area contributed by atoms with Crippen molar-refractivity contribution in [1.82, 2.24) is 0 Å². The Balaban J connectivity index is 3.12. The van der Waals surface area contributed by atoms with Crippen molar-refractivity contribution >= 4 is 6.21 Å². The van der Waals surface area contributed by atoms with Gasteiger partial charge in [0.25, 0.3) is 0 Å². The molecule has 0 aliphatic heterocycles. The molecule has 0 atom stereocenters. The minimum Gasteiger partial charge on any atom is -0.508 e. The largest absolute Gasteiger partial charge is 0.508 e. The Hall–Kier alpha value is -1.71. The zero-order valence-electron chi connectivity index (χ0n) is 5.60. The number of aromatic hydroxyl groups is 2. The van der Waals surface area contributed by atoms with Crippen molar-refractivity contribution in [2.45, 2.75) is 0 Å². The number of hydrogen-bond donors (Lipinski definition) is 3. The molecule has 1 aromatic rings. The summed E-state index contributed by atoms with van der Waals surface area (Å²) in [6.45, 7) is 0. The van der Waals surface area contributed by atoms with E-state index in [1.165, 1.54) is 18.2 Å². The van der Waals surface area contributed by atoms with Gasteiger partial charge in [0, 0.05) is 5.56 Å².